The van der Waals surface area contributed by atoms with E-state index in [1.807, 2.05) is 13.0 Å². The predicted molar refractivity (Wildman–Crippen MR) is 71.4 cm³/mol. The Kier molecular flexibility index (Phi) is 2.71. The zero-order valence-corrected chi connectivity index (χ0v) is 11.8. The summed E-state index contributed by atoms with van der Waals surface area (Å²) in [6.07, 6.45) is 4.27. The van der Waals surface area contributed by atoms with Crippen LogP contribution in [0.5, 0.6) is 0 Å². The van der Waals surface area contributed by atoms with Crippen LogP contribution < -0.4 is 4.90 Å². The lowest BCUT2D eigenvalue weighted by atomic mass is 9.75. The van der Waals surface area contributed by atoms with Crippen LogP contribution >= 0.6 is 15.9 Å². The minimum atomic E-state index is -0.627. The number of nitrogens with zero attached hydrogens (tertiary/aromatic N) is 2. The summed E-state index contributed by atoms with van der Waals surface area (Å²) in [5.74, 6) is 0.896. The summed E-state index contributed by atoms with van der Waals surface area (Å²) < 4.78 is 0.941. The molecular formula is C13H15BrN2O2. The third kappa shape index (κ3) is 1.95. The zero-order chi connectivity index (χ0) is 12.9. The Balaban J connectivity index is 1.93. The largest absolute Gasteiger partial charge is 0.390 e. The quantitative estimate of drug-likeness (QED) is 0.863. The first kappa shape index (κ1) is 12.1. The van der Waals surface area contributed by atoms with Crippen molar-refractivity contribution in [3.8, 4) is 0 Å². The van der Waals surface area contributed by atoms with Crippen LogP contribution in [0, 0.1) is 0 Å². The second-order valence-electron chi connectivity index (χ2n) is 5.46. The summed E-state index contributed by atoms with van der Waals surface area (Å²) in [4.78, 5) is 18.2. The molecule has 0 bridgehead atoms. The van der Waals surface area contributed by atoms with Crippen molar-refractivity contribution in [2.24, 2.45) is 0 Å². The maximum absolute atomic E-state index is 12.1. The molecule has 1 fully saturated rings. The molecule has 1 saturated carbocycles. The molecule has 1 aromatic rings. The molecule has 1 aliphatic heterocycles. The summed E-state index contributed by atoms with van der Waals surface area (Å²) in [6, 6.07) is 2.12. The number of hydrogen-bond donors (Lipinski definition) is 1. The van der Waals surface area contributed by atoms with Crippen LogP contribution in [0.15, 0.2) is 16.7 Å². The number of rotatable bonds is 1. The van der Waals surface area contributed by atoms with Gasteiger partial charge in [0.25, 0.3) is 0 Å². The molecule has 18 heavy (non-hydrogen) atoms. The summed E-state index contributed by atoms with van der Waals surface area (Å²) in [5, 5.41) is 9.83. The molecule has 1 aromatic heterocycles. The SMILES string of the molecule is C[C@]1(O)C[C@@H](N2C(=O)CCc3cc(Br)cnc32)C1. The zero-order valence-electron chi connectivity index (χ0n) is 10.2. The number of anilines is 1. The monoisotopic (exact) mass is 310 g/mol. The lowest BCUT2D eigenvalue weighted by molar-refractivity contribution is -0.121. The van der Waals surface area contributed by atoms with Gasteiger partial charge in [0.2, 0.25) is 5.91 Å². The third-order valence-electron chi connectivity index (χ3n) is 3.73. The van der Waals surface area contributed by atoms with E-state index < -0.39 is 5.60 Å². The molecule has 1 aliphatic carbocycles. The van der Waals surface area contributed by atoms with Gasteiger partial charge in [-0.15, -0.1) is 0 Å². The van der Waals surface area contributed by atoms with Gasteiger partial charge < -0.3 is 5.11 Å². The number of carbonyl (C=O) groups excluding carboxylic acids is 1. The second kappa shape index (κ2) is 4.03. The fourth-order valence-corrected chi connectivity index (χ4v) is 3.25. The molecule has 4 nitrogen and oxygen atoms in total. The van der Waals surface area contributed by atoms with Crippen molar-refractivity contribution in [1.82, 2.24) is 4.98 Å². The highest BCUT2D eigenvalue weighted by atomic mass is 79.9. The minimum Gasteiger partial charge on any atom is -0.390 e. The number of aromatic nitrogens is 1. The molecule has 0 radical (unpaired) electrons. The smallest absolute Gasteiger partial charge is 0.228 e. The lowest BCUT2D eigenvalue weighted by Gasteiger charge is -2.47. The number of aryl methyl sites for hydroxylation is 1. The number of hydrogen-bond acceptors (Lipinski definition) is 3. The average molecular weight is 311 g/mol. The van der Waals surface area contributed by atoms with Crippen LogP contribution in [0.3, 0.4) is 0 Å². The normalized spacial score (nSPS) is 30.9. The molecule has 1 N–H and O–H groups in total. The van der Waals surface area contributed by atoms with Gasteiger partial charge in [-0.3, -0.25) is 9.69 Å². The Hall–Kier alpha value is -0.940. The van der Waals surface area contributed by atoms with Crippen LogP contribution in [0.25, 0.3) is 0 Å². The standard InChI is InChI=1S/C13H15BrN2O2/c1-13(18)5-10(6-13)16-11(17)3-2-8-4-9(14)7-15-12(8)16/h4,7,10,18H,2-3,5-6H2,1H3/t10-,13+. The minimum absolute atomic E-state index is 0.0974. The van der Waals surface area contributed by atoms with Crippen molar-refractivity contribution in [3.63, 3.8) is 0 Å². The molecule has 2 aliphatic rings. The maximum Gasteiger partial charge on any atom is 0.228 e. The molecule has 0 saturated heterocycles. The van der Waals surface area contributed by atoms with Gasteiger partial charge in [-0.05, 0) is 53.7 Å². The van der Waals surface area contributed by atoms with E-state index in [2.05, 4.69) is 20.9 Å². The van der Waals surface area contributed by atoms with E-state index in [1.54, 1.807) is 11.1 Å². The van der Waals surface area contributed by atoms with E-state index in [-0.39, 0.29) is 11.9 Å². The second-order valence-corrected chi connectivity index (χ2v) is 6.37. The van der Waals surface area contributed by atoms with E-state index in [4.69, 9.17) is 0 Å². The molecule has 96 valence electrons. The number of fused-ring (bicyclic) bond motifs is 1. The van der Waals surface area contributed by atoms with Crippen molar-refractivity contribution in [1.29, 1.82) is 0 Å². The Labute approximate surface area is 114 Å². The fraction of sp³-hybridized carbons (Fsp3) is 0.538. The van der Waals surface area contributed by atoms with E-state index >= 15 is 0 Å². The van der Waals surface area contributed by atoms with E-state index in [0.717, 1.165) is 22.3 Å². The van der Waals surface area contributed by atoms with Gasteiger partial charge in [-0.1, -0.05) is 0 Å². The van der Waals surface area contributed by atoms with Crippen molar-refractivity contribution < 1.29 is 9.90 Å². The lowest BCUT2D eigenvalue weighted by Crippen LogP contribution is -2.57. The first-order chi connectivity index (χ1) is 8.46. The molecule has 2 heterocycles. The number of aliphatic hydroxyl groups is 1. The highest BCUT2D eigenvalue weighted by Crippen LogP contribution is 2.40. The van der Waals surface area contributed by atoms with E-state index in [0.29, 0.717) is 19.3 Å². The Morgan fingerprint density at radius 3 is 2.89 bits per heavy atom. The first-order valence-electron chi connectivity index (χ1n) is 6.15. The van der Waals surface area contributed by atoms with Gasteiger partial charge in [0.15, 0.2) is 0 Å². The molecule has 5 heteroatoms. The van der Waals surface area contributed by atoms with E-state index in [1.165, 1.54) is 0 Å². The van der Waals surface area contributed by atoms with Crippen molar-refractivity contribution >= 4 is 27.7 Å². The van der Waals surface area contributed by atoms with Crippen LogP contribution in [0.1, 0.15) is 31.7 Å². The number of pyridine rings is 1. The molecular weight excluding hydrogens is 296 g/mol. The van der Waals surface area contributed by atoms with Crippen molar-refractivity contribution in [2.45, 2.75) is 44.2 Å². The van der Waals surface area contributed by atoms with Crippen LogP contribution in [-0.2, 0) is 11.2 Å². The van der Waals surface area contributed by atoms with Gasteiger partial charge in [-0.25, -0.2) is 4.98 Å². The molecule has 3 rings (SSSR count). The highest BCUT2D eigenvalue weighted by Gasteiger charge is 2.45. The molecule has 1 amide bonds. The Morgan fingerprint density at radius 2 is 2.22 bits per heavy atom. The van der Waals surface area contributed by atoms with Crippen molar-refractivity contribution in [2.75, 3.05) is 4.90 Å². The summed E-state index contributed by atoms with van der Waals surface area (Å²) in [7, 11) is 0. The third-order valence-corrected chi connectivity index (χ3v) is 4.16. The summed E-state index contributed by atoms with van der Waals surface area (Å²) >= 11 is 3.41. The maximum atomic E-state index is 12.1. The predicted octanol–water partition coefficient (Wildman–Crippen LogP) is 2.04. The van der Waals surface area contributed by atoms with Crippen LogP contribution in [-0.4, -0.2) is 27.6 Å². The Bertz CT molecular complexity index is 508. The average Bonchev–Trinajstić information content (AvgIpc) is 2.26. The summed E-state index contributed by atoms with van der Waals surface area (Å²) in [5.41, 5.74) is 0.480. The molecule has 0 spiro atoms. The summed E-state index contributed by atoms with van der Waals surface area (Å²) in [6.45, 7) is 1.81. The van der Waals surface area contributed by atoms with Gasteiger partial charge in [0.1, 0.15) is 5.82 Å². The number of carbonyl (C=O) groups is 1. The van der Waals surface area contributed by atoms with Crippen molar-refractivity contribution in [3.05, 3.63) is 22.3 Å². The fourth-order valence-electron chi connectivity index (χ4n) is 2.87. The van der Waals surface area contributed by atoms with Gasteiger partial charge >= 0.3 is 0 Å². The topological polar surface area (TPSA) is 53.4 Å². The van der Waals surface area contributed by atoms with Gasteiger partial charge in [0.05, 0.1) is 5.60 Å². The Morgan fingerprint density at radius 1 is 1.50 bits per heavy atom. The molecule has 0 atom stereocenters. The highest BCUT2D eigenvalue weighted by molar-refractivity contribution is 9.10. The van der Waals surface area contributed by atoms with Crippen LogP contribution in [0.2, 0.25) is 0 Å². The number of halogens is 1. The van der Waals surface area contributed by atoms with Gasteiger partial charge in [-0.2, -0.15) is 0 Å². The molecule has 0 aromatic carbocycles. The van der Waals surface area contributed by atoms with E-state index in [9.17, 15) is 9.90 Å². The van der Waals surface area contributed by atoms with Crippen LogP contribution in [0.4, 0.5) is 5.82 Å². The first-order valence-corrected chi connectivity index (χ1v) is 6.94. The van der Waals surface area contributed by atoms with Gasteiger partial charge in [0, 0.05) is 23.1 Å². The molecule has 0 unspecified atom stereocenters. The number of amides is 1.